The van der Waals surface area contributed by atoms with Crippen LogP contribution in [0.1, 0.15) is 23.1 Å². The van der Waals surface area contributed by atoms with Gasteiger partial charge >= 0.3 is 0 Å². The first-order valence-corrected chi connectivity index (χ1v) is 8.03. The normalized spacial score (nSPS) is 12.3. The molecule has 0 saturated heterocycles. The maximum absolute atomic E-state index is 10.1. The van der Waals surface area contributed by atoms with Crippen LogP contribution >= 0.6 is 0 Å². The van der Waals surface area contributed by atoms with Crippen molar-refractivity contribution in [1.82, 2.24) is 4.90 Å². The predicted molar refractivity (Wildman–Crippen MR) is 93.3 cm³/mol. The molecule has 1 aromatic carbocycles. The monoisotopic (exact) mass is 319 g/mol. The molecule has 0 saturated carbocycles. The number of methoxy groups -OCH3 is 1. The van der Waals surface area contributed by atoms with E-state index in [1.54, 1.807) is 7.11 Å². The number of hydrogen-bond acceptors (Lipinski definition) is 4. The van der Waals surface area contributed by atoms with Crippen molar-refractivity contribution in [2.75, 3.05) is 40.0 Å². The molecule has 128 valence electrons. The van der Waals surface area contributed by atoms with Crippen LogP contribution in [0.15, 0.2) is 18.2 Å². The van der Waals surface area contributed by atoms with Crippen molar-refractivity contribution in [2.45, 2.75) is 32.9 Å². The lowest BCUT2D eigenvalue weighted by atomic mass is 10.0. The molecule has 0 fully saturated rings. The molecular formula is C19H29NO3. The molecule has 0 heterocycles. The summed E-state index contributed by atoms with van der Waals surface area (Å²) in [7, 11) is 1.71. The second-order valence-corrected chi connectivity index (χ2v) is 5.88. The summed E-state index contributed by atoms with van der Waals surface area (Å²) in [5.41, 5.74) is 3.81. The second-order valence-electron chi connectivity index (χ2n) is 5.88. The molecule has 0 aliphatic heterocycles. The summed E-state index contributed by atoms with van der Waals surface area (Å²) in [6.07, 6.45) is 5.53. The Morgan fingerprint density at radius 2 is 2.13 bits per heavy atom. The van der Waals surface area contributed by atoms with Gasteiger partial charge in [0.15, 0.2) is 0 Å². The van der Waals surface area contributed by atoms with Crippen molar-refractivity contribution in [3.05, 3.63) is 34.9 Å². The lowest BCUT2D eigenvalue weighted by Crippen LogP contribution is -2.35. The fraction of sp³-hybridized carbons (Fsp3) is 0.579. The van der Waals surface area contributed by atoms with Gasteiger partial charge in [-0.25, -0.2) is 0 Å². The minimum atomic E-state index is -0.545. The molecule has 0 radical (unpaired) electrons. The molecule has 0 amide bonds. The van der Waals surface area contributed by atoms with E-state index in [0.717, 1.165) is 19.5 Å². The Labute approximate surface area is 140 Å². The number of aliphatic hydroxyl groups is 1. The molecule has 1 N–H and O–H groups in total. The highest BCUT2D eigenvalue weighted by Gasteiger charge is 2.13. The number of terminal acetylenes is 1. The summed E-state index contributed by atoms with van der Waals surface area (Å²) in [4.78, 5) is 2.24. The van der Waals surface area contributed by atoms with Gasteiger partial charge in [-0.05, 0) is 31.4 Å². The Morgan fingerprint density at radius 1 is 1.35 bits per heavy atom. The van der Waals surface area contributed by atoms with Crippen molar-refractivity contribution in [1.29, 1.82) is 0 Å². The van der Waals surface area contributed by atoms with Gasteiger partial charge < -0.3 is 14.6 Å². The zero-order chi connectivity index (χ0) is 17.1. The molecule has 4 heteroatoms. The minimum Gasteiger partial charge on any atom is -0.389 e. The Balaban J connectivity index is 2.63. The van der Waals surface area contributed by atoms with Gasteiger partial charge in [0.1, 0.15) is 6.61 Å². The Morgan fingerprint density at radius 3 is 2.83 bits per heavy atom. The van der Waals surface area contributed by atoms with Crippen LogP contribution in [-0.2, 0) is 16.0 Å². The first-order chi connectivity index (χ1) is 11.1. The lowest BCUT2D eigenvalue weighted by molar-refractivity contribution is 0.0244. The van der Waals surface area contributed by atoms with Crippen LogP contribution in [0.5, 0.6) is 0 Å². The first-order valence-electron chi connectivity index (χ1n) is 8.03. The van der Waals surface area contributed by atoms with Crippen molar-refractivity contribution >= 4 is 0 Å². The van der Waals surface area contributed by atoms with Gasteiger partial charge in [0.05, 0.1) is 12.7 Å². The predicted octanol–water partition coefficient (Wildman–Crippen LogP) is 2.15. The average molecular weight is 319 g/mol. The van der Waals surface area contributed by atoms with Gasteiger partial charge in [-0.3, -0.25) is 4.90 Å². The van der Waals surface area contributed by atoms with Crippen molar-refractivity contribution in [2.24, 2.45) is 0 Å². The molecule has 0 spiro atoms. The number of ether oxygens (including phenoxy) is 2. The third-order valence-electron chi connectivity index (χ3n) is 3.69. The molecular weight excluding hydrogens is 290 g/mol. The van der Waals surface area contributed by atoms with Crippen LogP contribution in [0.25, 0.3) is 0 Å². The topological polar surface area (TPSA) is 41.9 Å². The minimum absolute atomic E-state index is 0.234. The molecule has 0 aromatic heterocycles. The van der Waals surface area contributed by atoms with Crippen LogP contribution in [-0.4, -0.2) is 56.1 Å². The van der Waals surface area contributed by atoms with E-state index in [1.165, 1.54) is 16.7 Å². The van der Waals surface area contributed by atoms with Gasteiger partial charge in [-0.2, -0.15) is 0 Å². The highest BCUT2D eigenvalue weighted by Crippen LogP contribution is 2.14. The van der Waals surface area contributed by atoms with Gasteiger partial charge in [-0.15, -0.1) is 6.42 Å². The number of aryl methyl sites for hydroxylation is 2. The highest BCUT2D eigenvalue weighted by atomic mass is 16.5. The second kappa shape index (κ2) is 11.2. The highest BCUT2D eigenvalue weighted by molar-refractivity contribution is 5.30. The average Bonchev–Trinajstić information content (AvgIpc) is 2.51. The van der Waals surface area contributed by atoms with Crippen molar-refractivity contribution in [3.8, 4) is 12.3 Å². The van der Waals surface area contributed by atoms with Crippen LogP contribution in [0.2, 0.25) is 0 Å². The Hall–Kier alpha value is -1.38. The largest absolute Gasteiger partial charge is 0.389 e. The Bertz CT molecular complexity index is 496. The summed E-state index contributed by atoms with van der Waals surface area (Å²) in [6.45, 7) is 7.66. The van der Waals surface area contributed by atoms with Crippen LogP contribution in [0.4, 0.5) is 0 Å². The van der Waals surface area contributed by atoms with Crippen LogP contribution in [0, 0.1) is 26.2 Å². The third-order valence-corrected chi connectivity index (χ3v) is 3.69. The number of aliphatic hydroxyl groups excluding tert-OH is 1. The van der Waals surface area contributed by atoms with Crippen molar-refractivity contribution in [3.63, 3.8) is 0 Å². The van der Waals surface area contributed by atoms with E-state index in [9.17, 15) is 5.11 Å². The third kappa shape index (κ3) is 8.15. The molecule has 4 nitrogen and oxygen atoms in total. The van der Waals surface area contributed by atoms with Crippen LogP contribution in [0.3, 0.4) is 0 Å². The van der Waals surface area contributed by atoms with E-state index in [0.29, 0.717) is 13.2 Å². The number of nitrogens with zero attached hydrogens (tertiary/aromatic N) is 1. The fourth-order valence-electron chi connectivity index (χ4n) is 2.48. The zero-order valence-corrected chi connectivity index (χ0v) is 14.5. The van der Waals surface area contributed by atoms with E-state index in [4.69, 9.17) is 15.9 Å². The van der Waals surface area contributed by atoms with E-state index in [1.807, 2.05) is 0 Å². The van der Waals surface area contributed by atoms with Crippen LogP contribution < -0.4 is 0 Å². The van der Waals surface area contributed by atoms with Gasteiger partial charge in [0.25, 0.3) is 0 Å². The maximum Gasteiger partial charge on any atom is 0.107 e. The summed E-state index contributed by atoms with van der Waals surface area (Å²) in [5, 5.41) is 10.1. The SMILES string of the molecule is C#CCOC[C@@H](O)CN(CCCOC)Cc1cc(C)ccc1C. The number of rotatable bonds is 11. The summed E-state index contributed by atoms with van der Waals surface area (Å²) in [6, 6.07) is 6.47. The summed E-state index contributed by atoms with van der Waals surface area (Å²) >= 11 is 0. The molecule has 0 bridgehead atoms. The summed E-state index contributed by atoms with van der Waals surface area (Å²) < 4.78 is 10.4. The number of benzene rings is 1. The fourth-order valence-corrected chi connectivity index (χ4v) is 2.48. The molecule has 23 heavy (non-hydrogen) atoms. The number of hydrogen-bond donors (Lipinski definition) is 1. The molecule has 1 atom stereocenters. The first kappa shape index (κ1) is 19.7. The Kier molecular flexibility index (Phi) is 9.58. The van der Waals surface area contributed by atoms with E-state index in [2.05, 4.69) is 42.9 Å². The smallest absolute Gasteiger partial charge is 0.107 e. The molecule has 0 unspecified atom stereocenters. The maximum atomic E-state index is 10.1. The standard InChI is InChI=1S/C19H29NO3/c1-5-10-23-15-19(21)14-20(9-6-11-22-4)13-18-12-16(2)7-8-17(18)3/h1,7-8,12,19,21H,6,9-11,13-15H2,2-4H3/t19-/m0/s1. The van der Waals surface area contributed by atoms with E-state index in [-0.39, 0.29) is 13.2 Å². The van der Waals surface area contributed by atoms with Crippen molar-refractivity contribution < 1.29 is 14.6 Å². The quantitative estimate of drug-likeness (QED) is 0.501. The van der Waals surface area contributed by atoms with Gasteiger partial charge in [0, 0.05) is 33.4 Å². The molecule has 1 rings (SSSR count). The summed E-state index contributed by atoms with van der Waals surface area (Å²) in [5.74, 6) is 2.41. The molecule has 1 aromatic rings. The van der Waals surface area contributed by atoms with E-state index < -0.39 is 6.10 Å². The van der Waals surface area contributed by atoms with Gasteiger partial charge in [0.2, 0.25) is 0 Å². The lowest BCUT2D eigenvalue weighted by Gasteiger charge is -2.26. The molecule has 0 aliphatic carbocycles. The van der Waals surface area contributed by atoms with Gasteiger partial charge in [-0.1, -0.05) is 29.7 Å². The van der Waals surface area contributed by atoms with E-state index >= 15 is 0 Å². The zero-order valence-electron chi connectivity index (χ0n) is 14.5. The molecule has 0 aliphatic rings.